The van der Waals surface area contributed by atoms with Crippen LogP contribution in [0.25, 0.3) is 0 Å². The van der Waals surface area contributed by atoms with Crippen LogP contribution in [0.5, 0.6) is 0 Å². The third kappa shape index (κ3) is 1.67. The summed E-state index contributed by atoms with van der Waals surface area (Å²) >= 11 is 7.58. The Balaban J connectivity index is 2.69. The Morgan fingerprint density at radius 1 is 1.62 bits per heavy atom. The summed E-state index contributed by atoms with van der Waals surface area (Å²) in [5.74, 6) is 0. The molecule has 1 aliphatic carbocycles. The molecule has 0 unspecified atom stereocenters. The highest BCUT2D eigenvalue weighted by atomic mass is 79.9. The molecule has 0 aromatic rings. The fourth-order valence-corrected chi connectivity index (χ4v) is 1.59. The standard InChI is InChI=1S/C6H7BrS/c7-5-2-1-3-6(8)4-5/h3-4,8H,1-2H2. The molecule has 0 saturated carbocycles. The van der Waals surface area contributed by atoms with Gasteiger partial charge in [0.25, 0.3) is 0 Å². The van der Waals surface area contributed by atoms with Crippen molar-refractivity contribution in [3.63, 3.8) is 0 Å². The lowest BCUT2D eigenvalue weighted by atomic mass is 10.2. The van der Waals surface area contributed by atoms with E-state index in [1.54, 1.807) is 0 Å². The predicted molar refractivity (Wildman–Crippen MR) is 43.3 cm³/mol. The lowest BCUT2D eigenvalue weighted by Gasteiger charge is -2.02. The minimum atomic E-state index is 1.07. The molecular formula is C6H7BrS. The zero-order valence-corrected chi connectivity index (χ0v) is 6.87. The van der Waals surface area contributed by atoms with Gasteiger partial charge in [-0.1, -0.05) is 22.0 Å². The second-order valence-corrected chi connectivity index (χ2v) is 3.29. The van der Waals surface area contributed by atoms with Gasteiger partial charge in [0.15, 0.2) is 0 Å². The highest BCUT2D eigenvalue weighted by Crippen LogP contribution is 2.22. The molecule has 0 atom stereocenters. The predicted octanol–water partition coefficient (Wildman–Crippen LogP) is 2.87. The van der Waals surface area contributed by atoms with E-state index in [1.807, 2.05) is 6.08 Å². The van der Waals surface area contributed by atoms with E-state index in [2.05, 4.69) is 34.6 Å². The third-order valence-electron chi connectivity index (χ3n) is 1.04. The van der Waals surface area contributed by atoms with Crippen LogP contribution in [0.15, 0.2) is 21.5 Å². The van der Waals surface area contributed by atoms with E-state index in [0.29, 0.717) is 0 Å². The van der Waals surface area contributed by atoms with Gasteiger partial charge in [-0.3, -0.25) is 0 Å². The number of thiol groups is 1. The molecule has 0 bridgehead atoms. The van der Waals surface area contributed by atoms with E-state index in [-0.39, 0.29) is 0 Å². The largest absolute Gasteiger partial charge is 0.144 e. The van der Waals surface area contributed by atoms with Crippen LogP contribution in [-0.2, 0) is 0 Å². The molecule has 0 aromatic heterocycles. The Labute approximate surface area is 63.2 Å². The maximum Gasteiger partial charge on any atom is 0.000808 e. The van der Waals surface area contributed by atoms with Gasteiger partial charge >= 0.3 is 0 Å². The van der Waals surface area contributed by atoms with E-state index in [4.69, 9.17) is 0 Å². The average molecular weight is 191 g/mol. The molecule has 0 amide bonds. The molecule has 0 N–H and O–H groups in total. The van der Waals surface area contributed by atoms with Crippen LogP contribution in [-0.4, -0.2) is 0 Å². The fraction of sp³-hybridized carbons (Fsp3) is 0.333. The Morgan fingerprint density at radius 2 is 2.38 bits per heavy atom. The molecule has 0 fully saturated rings. The van der Waals surface area contributed by atoms with Gasteiger partial charge in [-0.2, -0.15) is 0 Å². The summed E-state index contributed by atoms with van der Waals surface area (Å²) in [6.45, 7) is 0. The Bertz CT molecular complexity index is 147. The highest BCUT2D eigenvalue weighted by molar-refractivity contribution is 9.11. The molecule has 0 aliphatic heterocycles. The van der Waals surface area contributed by atoms with Gasteiger partial charge < -0.3 is 0 Å². The number of hydrogen-bond donors (Lipinski definition) is 1. The Hall–Kier alpha value is 0.310. The van der Waals surface area contributed by atoms with Gasteiger partial charge in [-0.25, -0.2) is 0 Å². The summed E-state index contributed by atoms with van der Waals surface area (Å²) in [6, 6.07) is 0. The molecule has 0 nitrogen and oxygen atoms in total. The summed E-state index contributed by atoms with van der Waals surface area (Å²) in [4.78, 5) is 1.07. The molecule has 1 aliphatic rings. The van der Waals surface area contributed by atoms with Crippen molar-refractivity contribution < 1.29 is 0 Å². The topological polar surface area (TPSA) is 0 Å². The van der Waals surface area contributed by atoms with Crippen LogP contribution in [0.1, 0.15) is 12.8 Å². The van der Waals surface area contributed by atoms with Gasteiger partial charge in [0.1, 0.15) is 0 Å². The minimum Gasteiger partial charge on any atom is -0.144 e. The van der Waals surface area contributed by atoms with Crippen LogP contribution >= 0.6 is 28.6 Å². The third-order valence-corrected chi connectivity index (χ3v) is 1.98. The molecule has 1 rings (SSSR count). The highest BCUT2D eigenvalue weighted by Gasteiger charge is 1.97. The molecule has 0 spiro atoms. The lowest BCUT2D eigenvalue weighted by Crippen LogP contribution is -1.80. The first-order valence-corrected chi connectivity index (χ1v) is 3.78. The number of hydrogen-bond acceptors (Lipinski definition) is 1. The summed E-state index contributed by atoms with van der Waals surface area (Å²) in [7, 11) is 0. The summed E-state index contributed by atoms with van der Waals surface area (Å²) < 4.78 is 1.25. The fourth-order valence-electron chi connectivity index (χ4n) is 0.649. The van der Waals surface area contributed by atoms with Gasteiger partial charge in [0, 0.05) is 4.91 Å². The maximum absolute atomic E-state index is 4.18. The number of rotatable bonds is 0. The smallest absolute Gasteiger partial charge is 0.000808 e. The summed E-state index contributed by atoms with van der Waals surface area (Å²) in [5, 5.41) is 0. The van der Waals surface area contributed by atoms with Crippen molar-refractivity contribution in [3.8, 4) is 0 Å². The van der Waals surface area contributed by atoms with Crippen LogP contribution in [0, 0.1) is 0 Å². The first-order chi connectivity index (χ1) is 3.79. The molecule has 0 aromatic carbocycles. The van der Waals surface area contributed by atoms with E-state index in [1.165, 1.54) is 4.48 Å². The first-order valence-electron chi connectivity index (χ1n) is 2.54. The zero-order chi connectivity index (χ0) is 5.98. The quantitative estimate of drug-likeness (QED) is 0.559. The summed E-state index contributed by atoms with van der Waals surface area (Å²) in [6.07, 6.45) is 6.40. The molecular weight excluding hydrogens is 184 g/mol. The van der Waals surface area contributed by atoms with E-state index in [9.17, 15) is 0 Å². The van der Waals surface area contributed by atoms with E-state index in [0.717, 1.165) is 17.7 Å². The van der Waals surface area contributed by atoms with E-state index >= 15 is 0 Å². The SMILES string of the molecule is SC1=CCCC(Br)=C1. The van der Waals surface area contributed by atoms with Crippen molar-refractivity contribution >= 4 is 28.6 Å². The van der Waals surface area contributed by atoms with Crippen molar-refractivity contribution in [2.75, 3.05) is 0 Å². The number of allylic oxidation sites excluding steroid dienone is 3. The Morgan fingerprint density at radius 3 is 2.75 bits per heavy atom. The van der Waals surface area contributed by atoms with Gasteiger partial charge in [0.2, 0.25) is 0 Å². The Kier molecular flexibility index (Phi) is 2.20. The molecule has 0 saturated heterocycles. The van der Waals surface area contributed by atoms with E-state index < -0.39 is 0 Å². The van der Waals surface area contributed by atoms with Gasteiger partial charge in [-0.15, -0.1) is 12.6 Å². The molecule has 2 heteroatoms. The molecule has 0 heterocycles. The van der Waals surface area contributed by atoms with Gasteiger partial charge in [-0.05, 0) is 23.4 Å². The molecule has 44 valence electrons. The van der Waals surface area contributed by atoms with Crippen LogP contribution in [0.2, 0.25) is 0 Å². The minimum absolute atomic E-state index is 1.07. The van der Waals surface area contributed by atoms with Crippen LogP contribution < -0.4 is 0 Å². The normalized spacial score (nSPS) is 19.8. The van der Waals surface area contributed by atoms with Gasteiger partial charge in [0.05, 0.1) is 0 Å². The van der Waals surface area contributed by atoms with Crippen LogP contribution in [0.3, 0.4) is 0 Å². The van der Waals surface area contributed by atoms with Crippen molar-refractivity contribution in [3.05, 3.63) is 21.5 Å². The second kappa shape index (κ2) is 2.74. The zero-order valence-electron chi connectivity index (χ0n) is 4.39. The lowest BCUT2D eigenvalue weighted by molar-refractivity contribution is 1.02. The van der Waals surface area contributed by atoms with Crippen molar-refractivity contribution in [1.29, 1.82) is 0 Å². The van der Waals surface area contributed by atoms with Crippen molar-refractivity contribution in [2.45, 2.75) is 12.8 Å². The van der Waals surface area contributed by atoms with Crippen molar-refractivity contribution in [1.82, 2.24) is 0 Å². The van der Waals surface area contributed by atoms with Crippen molar-refractivity contribution in [2.24, 2.45) is 0 Å². The van der Waals surface area contributed by atoms with Crippen LogP contribution in [0.4, 0.5) is 0 Å². The molecule has 8 heavy (non-hydrogen) atoms. The monoisotopic (exact) mass is 190 g/mol. The molecule has 0 radical (unpaired) electrons. The number of halogens is 1. The average Bonchev–Trinajstić information content (AvgIpc) is 1.64. The summed E-state index contributed by atoms with van der Waals surface area (Å²) in [5.41, 5.74) is 0. The first kappa shape index (κ1) is 6.43. The maximum atomic E-state index is 4.18. The second-order valence-electron chi connectivity index (χ2n) is 1.76.